The van der Waals surface area contributed by atoms with Crippen LogP contribution < -0.4 is 5.32 Å². The molecular formula is C17H26N6. The predicted molar refractivity (Wildman–Crippen MR) is 91.2 cm³/mol. The lowest BCUT2D eigenvalue weighted by Gasteiger charge is -2.23. The summed E-state index contributed by atoms with van der Waals surface area (Å²) >= 11 is 0. The number of nitrogens with zero attached hydrogens (tertiary/aromatic N) is 4. The van der Waals surface area contributed by atoms with Crippen molar-refractivity contribution in [3.05, 3.63) is 35.8 Å². The number of imidazole rings is 1. The Labute approximate surface area is 137 Å². The highest BCUT2D eigenvalue weighted by Gasteiger charge is 2.28. The molecule has 1 atom stereocenters. The van der Waals surface area contributed by atoms with E-state index in [0.29, 0.717) is 6.04 Å². The largest absolute Gasteiger partial charge is 0.372 e. The number of likely N-dealkylation sites (tertiary alicyclic amines) is 1. The molecule has 0 saturated carbocycles. The van der Waals surface area contributed by atoms with Crippen molar-refractivity contribution in [3.63, 3.8) is 0 Å². The van der Waals surface area contributed by atoms with E-state index in [4.69, 9.17) is 0 Å². The summed E-state index contributed by atoms with van der Waals surface area (Å²) in [5, 5.41) is 3.07. The van der Waals surface area contributed by atoms with Crippen molar-refractivity contribution in [3.8, 4) is 0 Å². The zero-order valence-corrected chi connectivity index (χ0v) is 14.0. The molecule has 0 aliphatic carbocycles. The monoisotopic (exact) mass is 314 g/mol. The second kappa shape index (κ2) is 7.55. The van der Waals surface area contributed by atoms with Gasteiger partial charge in [-0.15, -0.1) is 0 Å². The lowest BCUT2D eigenvalue weighted by molar-refractivity contribution is 0.241. The minimum absolute atomic E-state index is 0.346. The summed E-state index contributed by atoms with van der Waals surface area (Å²) in [4.78, 5) is 19.4. The van der Waals surface area contributed by atoms with Crippen LogP contribution in [0.25, 0.3) is 0 Å². The van der Waals surface area contributed by atoms with Crippen LogP contribution >= 0.6 is 0 Å². The lowest BCUT2D eigenvalue weighted by atomic mass is 10.1. The highest BCUT2D eigenvalue weighted by atomic mass is 15.2. The number of hydrogen-bond acceptors (Lipinski definition) is 5. The predicted octanol–water partition coefficient (Wildman–Crippen LogP) is 2.92. The molecule has 1 fully saturated rings. The Morgan fingerprint density at radius 2 is 2.26 bits per heavy atom. The van der Waals surface area contributed by atoms with Crippen molar-refractivity contribution in [2.45, 2.75) is 51.6 Å². The zero-order chi connectivity index (χ0) is 16.1. The Morgan fingerprint density at radius 3 is 3.09 bits per heavy atom. The Morgan fingerprint density at radius 1 is 1.35 bits per heavy atom. The molecule has 0 spiro atoms. The topological polar surface area (TPSA) is 69.7 Å². The van der Waals surface area contributed by atoms with Crippen LogP contribution in [0.5, 0.6) is 0 Å². The smallest absolute Gasteiger partial charge is 0.144 e. The molecule has 2 N–H and O–H groups in total. The fraction of sp³-hybridized carbons (Fsp3) is 0.588. The number of aromatic amines is 1. The Bertz CT molecular complexity index is 623. The quantitative estimate of drug-likeness (QED) is 0.822. The van der Waals surface area contributed by atoms with E-state index in [1.54, 1.807) is 6.20 Å². The van der Waals surface area contributed by atoms with Crippen LogP contribution in [-0.4, -0.2) is 38.4 Å². The Balaban J connectivity index is 1.67. The molecule has 0 unspecified atom stereocenters. The number of nitrogens with one attached hydrogen (secondary N) is 2. The van der Waals surface area contributed by atoms with Gasteiger partial charge in [-0.3, -0.25) is 9.88 Å². The van der Waals surface area contributed by atoms with Crippen LogP contribution in [0.1, 0.15) is 55.9 Å². The number of unbranched alkanes of at least 4 members (excludes halogenated alkanes) is 1. The molecule has 3 heterocycles. The van der Waals surface area contributed by atoms with E-state index >= 15 is 0 Å². The number of aromatic nitrogens is 4. The summed E-state index contributed by atoms with van der Waals surface area (Å²) in [6, 6.07) is 0.346. The molecule has 6 nitrogen and oxygen atoms in total. The molecule has 2 aromatic rings. The minimum atomic E-state index is 0.346. The second-order valence-corrected chi connectivity index (χ2v) is 6.17. The van der Waals surface area contributed by atoms with Gasteiger partial charge in [0.25, 0.3) is 0 Å². The third-order valence-electron chi connectivity index (χ3n) is 4.44. The number of anilines is 1. The highest BCUT2D eigenvalue weighted by Crippen LogP contribution is 2.32. The molecule has 23 heavy (non-hydrogen) atoms. The van der Waals surface area contributed by atoms with E-state index in [1.165, 1.54) is 25.0 Å². The Hall–Kier alpha value is -1.95. The number of aryl methyl sites for hydroxylation is 1. The van der Waals surface area contributed by atoms with E-state index in [2.05, 4.69) is 37.1 Å². The fourth-order valence-electron chi connectivity index (χ4n) is 3.19. The fourth-order valence-corrected chi connectivity index (χ4v) is 3.19. The molecular weight excluding hydrogens is 288 g/mol. The van der Waals surface area contributed by atoms with Crippen molar-refractivity contribution >= 4 is 5.82 Å². The van der Waals surface area contributed by atoms with Crippen molar-refractivity contribution in [1.82, 2.24) is 24.8 Å². The van der Waals surface area contributed by atoms with Gasteiger partial charge in [0, 0.05) is 31.9 Å². The molecule has 3 rings (SSSR count). The van der Waals surface area contributed by atoms with Gasteiger partial charge in [-0.2, -0.15) is 0 Å². The summed E-state index contributed by atoms with van der Waals surface area (Å²) < 4.78 is 0. The maximum atomic E-state index is 4.67. The summed E-state index contributed by atoms with van der Waals surface area (Å²) in [7, 11) is 1.88. The van der Waals surface area contributed by atoms with Crippen LogP contribution in [0.4, 0.5) is 5.82 Å². The van der Waals surface area contributed by atoms with Crippen molar-refractivity contribution in [1.29, 1.82) is 0 Å². The second-order valence-electron chi connectivity index (χ2n) is 6.17. The normalized spacial score (nSPS) is 18.4. The maximum absolute atomic E-state index is 4.67. The molecule has 2 aromatic heterocycles. The average Bonchev–Trinajstić information content (AvgIpc) is 3.23. The standard InChI is InChI=1S/C17H26N6/c1-3-4-7-16-20-9-13(21-16)12-23-8-5-6-15(23)14-10-19-11-17(18-2)22-14/h9-11,15H,3-8,12H2,1-2H3,(H,18,22)(H,20,21)/t15-/m0/s1. The number of rotatable bonds is 7. The summed E-state index contributed by atoms with van der Waals surface area (Å²) in [6.45, 7) is 4.20. The number of H-pyrrole nitrogens is 1. The molecule has 1 saturated heterocycles. The van der Waals surface area contributed by atoms with Crippen molar-refractivity contribution in [2.24, 2.45) is 0 Å². The van der Waals surface area contributed by atoms with Gasteiger partial charge in [0.15, 0.2) is 0 Å². The van der Waals surface area contributed by atoms with Gasteiger partial charge < -0.3 is 10.3 Å². The van der Waals surface area contributed by atoms with Gasteiger partial charge in [-0.1, -0.05) is 13.3 Å². The van der Waals surface area contributed by atoms with Crippen molar-refractivity contribution in [2.75, 3.05) is 18.9 Å². The van der Waals surface area contributed by atoms with E-state index in [9.17, 15) is 0 Å². The molecule has 1 aliphatic rings. The molecule has 6 heteroatoms. The van der Waals surface area contributed by atoms with Crippen LogP contribution in [-0.2, 0) is 13.0 Å². The third kappa shape index (κ3) is 3.88. The maximum Gasteiger partial charge on any atom is 0.144 e. The van der Waals surface area contributed by atoms with E-state index in [1.807, 2.05) is 19.4 Å². The minimum Gasteiger partial charge on any atom is -0.372 e. The van der Waals surface area contributed by atoms with Gasteiger partial charge in [0.2, 0.25) is 0 Å². The highest BCUT2D eigenvalue weighted by molar-refractivity contribution is 5.31. The molecule has 0 radical (unpaired) electrons. The van der Waals surface area contributed by atoms with E-state index in [-0.39, 0.29) is 0 Å². The molecule has 0 bridgehead atoms. The van der Waals surface area contributed by atoms with E-state index < -0.39 is 0 Å². The van der Waals surface area contributed by atoms with Crippen LogP contribution in [0.2, 0.25) is 0 Å². The van der Waals surface area contributed by atoms with Gasteiger partial charge in [-0.25, -0.2) is 9.97 Å². The first-order valence-electron chi connectivity index (χ1n) is 8.56. The average molecular weight is 314 g/mol. The van der Waals surface area contributed by atoms with Crippen LogP contribution in [0.15, 0.2) is 18.6 Å². The van der Waals surface area contributed by atoms with Crippen LogP contribution in [0.3, 0.4) is 0 Å². The molecule has 124 valence electrons. The SMILES string of the molecule is CCCCc1ncc(CN2CCC[C@H]2c2cncc(NC)n2)[nH]1. The van der Waals surface area contributed by atoms with Gasteiger partial charge in [0.05, 0.1) is 24.1 Å². The first kappa shape index (κ1) is 15.9. The van der Waals surface area contributed by atoms with Gasteiger partial charge in [0.1, 0.15) is 11.6 Å². The molecule has 0 amide bonds. The first-order chi connectivity index (χ1) is 11.3. The summed E-state index contributed by atoms with van der Waals surface area (Å²) in [5.74, 6) is 1.94. The first-order valence-corrected chi connectivity index (χ1v) is 8.56. The zero-order valence-electron chi connectivity index (χ0n) is 14.0. The molecule has 1 aliphatic heterocycles. The lowest BCUT2D eigenvalue weighted by Crippen LogP contribution is -2.24. The van der Waals surface area contributed by atoms with Gasteiger partial charge >= 0.3 is 0 Å². The molecule has 0 aromatic carbocycles. The summed E-state index contributed by atoms with van der Waals surface area (Å²) in [5.41, 5.74) is 2.25. The Kier molecular flexibility index (Phi) is 5.23. The van der Waals surface area contributed by atoms with E-state index in [0.717, 1.165) is 43.3 Å². The van der Waals surface area contributed by atoms with Gasteiger partial charge in [-0.05, 0) is 25.8 Å². The van der Waals surface area contributed by atoms with Crippen LogP contribution in [0, 0.1) is 0 Å². The summed E-state index contributed by atoms with van der Waals surface area (Å²) in [6.07, 6.45) is 11.4. The third-order valence-corrected chi connectivity index (χ3v) is 4.44. The number of hydrogen-bond donors (Lipinski definition) is 2. The van der Waals surface area contributed by atoms with Crippen molar-refractivity contribution < 1.29 is 0 Å².